The third kappa shape index (κ3) is 4.65. The van der Waals surface area contributed by atoms with Crippen molar-refractivity contribution in [3.8, 4) is 0 Å². The maximum atomic E-state index is 13.4. The van der Waals surface area contributed by atoms with E-state index in [0.29, 0.717) is 11.3 Å². The first-order valence-electron chi connectivity index (χ1n) is 10.8. The van der Waals surface area contributed by atoms with E-state index in [9.17, 15) is 12.8 Å². The fraction of sp³-hybridized carbons (Fsp3) is 0.261. The van der Waals surface area contributed by atoms with Gasteiger partial charge in [0.2, 0.25) is 10.0 Å². The van der Waals surface area contributed by atoms with Gasteiger partial charge in [0.05, 0.1) is 23.0 Å². The minimum atomic E-state index is -3.70. The highest BCUT2D eigenvalue weighted by Crippen LogP contribution is 2.28. The summed E-state index contributed by atoms with van der Waals surface area (Å²) in [6, 6.07) is 11.2. The Morgan fingerprint density at radius 1 is 1.21 bits per heavy atom. The van der Waals surface area contributed by atoms with E-state index in [1.54, 1.807) is 24.5 Å². The van der Waals surface area contributed by atoms with E-state index in [0.717, 1.165) is 42.2 Å². The molecule has 0 aliphatic carbocycles. The number of benzene rings is 1. The number of hydrogen-bond donors (Lipinski definition) is 2. The van der Waals surface area contributed by atoms with E-state index in [2.05, 4.69) is 34.5 Å². The molecule has 0 spiro atoms. The fourth-order valence-electron chi connectivity index (χ4n) is 4.26. The van der Waals surface area contributed by atoms with Gasteiger partial charge in [-0.15, -0.1) is 0 Å². The van der Waals surface area contributed by atoms with Gasteiger partial charge in [0.25, 0.3) is 0 Å². The standard InChI is InChI=1S/C23H24FN7O2S/c1-30(19-8-10-31(13-19)23-20-7-9-25-22(20)27-15-28-23)21-6-5-18(12-26-21)29-34(32,33)14-16-3-2-4-17(24)11-16/h2-7,9,11-12,15,19,29H,8,10,13-14H2,1H3,(H,25,27,28)/t19-/m1/s1. The van der Waals surface area contributed by atoms with Crippen LogP contribution in [0.4, 0.5) is 21.7 Å². The highest BCUT2D eigenvalue weighted by atomic mass is 32.2. The van der Waals surface area contributed by atoms with Crippen LogP contribution in [-0.4, -0.2) is 54.5 Å². The second-order valence-electron chi connectivity index (χ2n) is 8.33. The molecular weight excluding hydrogens is 457 g/mol. The van der Waals surface area contributed by atoms with Crippen molar-refractivity contribution in [3.63, 3.8) is 0 Å². The van der Waals surface area contributed by atoms with Crippen LogP contribution in [0.1, 0.15) is 12.0 Å². The molecule has 1 aliphatic heterocycles. The second-order valence-corrected chi connectivity index (χ2v) is 10.1. The second kappa shape index (κ2) is 8.90. The Kier molecular flexibility index (Phi) is 5.78. The molecule has 176 valence electrons. The van der Waals surface area contributed by atoms with Gasteiger partial charge in [-0.05, 0) is 42.3 Å². The number of halogens is 1. The number of nitrogens with zero attached hydrogens (tertiary/aromatic N) is 5. The number of aromatic nitrogens is 4. The number of H-pyrrole nitrogens is 1. The molecule has 0 amide bonds. The Hall–Kier alpha value is -3.73. The molecule has 1 fully saturated rings. The molecule has 3 aromatic heterocycles. The Labute approximate surface area is 196 Å². The number of nitrogens with one attached hydrogen (secondary N) is 2. The van der Waals surface area contributed by atoms with Crippen molar-refractivity contribution in [1.29, 1.82) is 0 Å². The number of anilines is 3. The first kappa shape index (κ1) is 22.1. The Balaban J connectivity index is 1.23. The minimum absolute atomic E-state index is 0.229. The van der Waals surface area contributed by atoms with Crippen LogP contribution in [0.15, 0.2) is 61.2 Å². The molecule has 11 heteroatoms. The smallest absolute Gasteiger partial charge is 0.236 e. The van der Waals surface area contributed by atoms with Crippen molar-refractivity contribution in [2.75, 3.05) is 34.7 Å². The third-order valence-electron chi connectivity index (χ3n) is 5.97. The van der Waals surface area contributed by atoms with Crippen LogP contribution in [0, 0.1) is 5.82 Å². The summed E-state index contributed by atoms with van der Waals surface area (Å²) in [6.07, 6.45) is 5.87. The van der Waals surface area contributed by atoms with E-state index in [1.165, 1.54) is 24.4 Å². The Bertz CT molecular complexity index is 1410. The summed E-state index contributed by atoms with van der Waals surface area (Å²) in [5, 5.41) is 0.999. The third-order valence-corrected chi connectivity index (χ3v) is 7.23. The zero-order chi connectivity index (χ0) is 23.7. The van der Waals surface area contributed by atoms with E-state index >= 15 is 0 Å². The Morgan fingerprint density at radius 2 is 2.09 bits per heavy atom. The normalized spacial score (nSPS) is 16.2. The molecule has 0 saturated carbocycles. The largest absolute Gasteiger partial charge is 0.355 e. The van der Waals surface area contributed by atoms with Crippen LogP contribution in [0.5, 0.6) is 0 Å². The molecule has 4 heterocycles. The van der Waals surface area contributed by atoms with Gasteiger partial charge >= 0.3 is 0 Å². The van der Waals surface area contributed by atoms with Crippen molar-refractivity contribution < 1.29 is 12.8 Å². The lowest BCUT2D eigenvalue weighted by Gasteiger charge is -2.26. The number of fused-ring (bicyclic) bond motifs is 1. The number of sulfonamides is 1. The van der Waals surface area contributed by atoms with Crippen molar-refractivity contribution in [2.45, 2.75) is 18.2 Å². The lowest BCUT2D eigenvalue weighted by atomic mass is 10.2. The SMILES string of the molecule is CN(c1ccc(NS(=O)(=O)Cc2cccc(F)c2)cn1)[C@@H]1CCN(c2ncnc3[nH]ccc23)C1. The monoisotopic (exact) mass is 481 g/mol. The molecule has 2 N–H and O–H groups in total. The number of pyridine rings is 1. The van der Waals surface area contributed by atoms with Crippen molar-refractivity contribution in [1.82, 2.24) is 19.9 Å². The fourth-order valence-corrected chi connectivity index (χ4v) is 5.44. The lowest BCUT2D eigenvalue weighted by Crippen LogP contribution is -2.35. The first-order chi connectivity index (χ1) is 16.4. The van der Waals surface area contributed by atoms with E-state index in [1.807, 2.05) is 19.3 Å². The maximum absolute atomic E-state index is 13.4. The van der Waals surface area contributed by atoms with Crippen molar-refractivity contribution in [2.24, 2.45) is 0 Å². The van der Waals surface area contributed by atoms with Gasteiger partial charge in [-0.2, -0.15) is 0 Å². The molecule has 1 atom stereocenters. The van der Waals surface area contributed by atoms with Crippen LogP contribution in [0.25, 0.3) is 11.0 Å². The highest BCUT2D eigenvalue weighted by molar-refractivity contribution is 7.91. The quantitative estimate of drug-likeness (QED) is 0.418. The van der Waals surface area contributed by atoms with Crippen LogP contribution >= 0.6 is 0 Å². The van der Waals surface area contributed by atoms with E-state index in [4.69, 9.17) is 0 Å². The van der Waals surface area contributed by atoms with Gasteiger partial charge in [-0.1, -0.05) is 12.1 Å². The average molecular weight is 482 g/mol. The van der Waals surface area contributed by atoms with Crippen LogP contribution in [0.2, 0.25) is 0 Å². The molecule has 9 nitrogen and oxygen atoms in total. The number of aromatic amines is 1. The summed E-state index contributed by atoms with van der Waals surface area (Å²) >= 11 is 0. The molecule has 0 unspecified atom stereocenters. The summed E-state index contributed by atoms with van der Waals surface area (Å²) in [6.45, 7) is 1.65. The molecule has 1 aromatic carbocycles. The lowest BCUT2D eigenvalue weighted by molar-refractivity contribution is 0.599. The van der Waals surface area contributed by atoms with Gasteiger partial charge in [0.15, 0.2) is 0 Å². The summed E-state index contributed by atoms with van der Waals surface area (Å²) < 4.78 is 40.8. The van der Waals surface area contributed by atoms with Gasteiger partial charge in [-0.25, -0.2) is 27.8 Å². The van der Waals surface area contributed by atoms with Gasteiger partial charge in [0, 0.05) is 32.4 Å². The van der Waals surface area contributed by atoms with Crippen LogP contribution in [-0.2, 0) is 15.8 Å². The molecule has 0 radical (unpaired) electrons. The topological polar surface area (TPSA) is 107 Å². The molecule has 1 aliphatic rings. The zero-order valence-electron chi connectivity index (χ0n) is 18.5. The number of rotatable bonds is 7. The van der Waals surface area contributed by atoms with Crippen molar-refractivity contribution >= 4 is 38.4 Å². The molecule has 5 rings (SSSR count). The molecule has 34 heavy (non-hydrogen) atoms. The predicted molar refractivity (Wildman–Crippen MR) is 130 cm³/mol. The first-order valence-corrected chi connectivity index (χ1v) is 12.5. The Morgan fingerprint density at radius 3 is 2.88 bits per heavy atom. The van der Waals surface area contributed by atoms with Gasteiger partial charge < -0.3 is 14.8 Å². The van der Waals surface area contributed by atoms with Crippen LogP contribution in [0.3, 0.4) is 0 Å². The molecule has 0 bridgehead atoms. The van der Waals surface area contributed by atoms with E-state index < -0.39 is 15.8 Å². The van der Waals surface area contributed by atoms with Crippen LogP contribution < -0.4 is 14.5 Å². The highest BCUT2D eigenvalue weighted by Gasteiger charge is 2.28. The average Bonchev–Trinajstić information content (AvgIpc) is 3.48. The number of likely N-dealkylation sites (N-methyl/N-ethyl adjacent to an activating group) is 1. The summed E-state index contributed by atoms with van der Waals surface area (Å²) in [5.74, 6) is 0.874. The summed E-state index contributed by atoms with van der Waals surface area (Å²) in [5.41, 5.74) is 1.56. The number of hydrogen-bond acceptors (Lipinski definition) is 7. The van der Waals surface area contributed by atoms with Gasteiger partial charge in [0.1, 0.15) is 29.4 Å². The predicted octanol–water partition coefficient (Wildman–Crippen LogP) is 3.15. The zero-order valence-corrected chi connectivity index (χ0v) is 19.3. The van der Waals surface area contributed by atoms with Crippen molar-refractivity contribution in [3.05, 3.63) is 72.6 Å². The summed E-state index contributed by atoms with van der Waals surface area (Å²) in [4.78, 5) is 20.7. The minimum Gasteiger partial charge on any atom is -0.355 e. The van der Waals surface area contributed by atoms with E-state index in [-0.39, 0.29) is 11.8 Å². The molecule has 1 saturated heterocycles. The summed E-state index contributed by atoms with van der Waals surface area (Å²) in [7, 11) is -1.71. The molecule has 4 aromatic rings. The maximum Gasteiger partial charge on any atom is 0.236 e. The molecular formula is C23H24FN7O2S. The van der Waals surface area contributed by atoms with Gasteiger partial charge in [-0.3, -0.25) is 4.72 Å².